The minimum atomic E-state index is -0.238. The number of hydrogen-bond donors (Lipinski definition) is 2. The summed E-state index contributed by atoms with van der Waals surface area (Å²) < 4.78 is 10.5. The van der Waals surface area contributed by atoms with Crippen LogP contribution in [0.5, 0.6) is 17.2 Å². The molecule has 0 radical (unpaired) electrons. The first kappa shape index (κ1) is 13.3. The number of pyridine rings is 1. The average molecular weight is 285 g/mol. The molecule has 0 amide bonds. The summed E-state index contributed by atoms with van der Waals surface area (Å²) in [6.45, 7) is 2.34. The summed E-state index contributed by atoms with van der Waals surface area (Å²) in [6.07, 6.45) is 0. The van der Waals surface area contributed by atoms with Crippen LogP contribution in [-0.4, -0.2) is 23.8 Å². The number of H-pyrrole nitrogens is 1. The molecular formula is C16H15NO4. The van der Waals surface area contributed by atoms with Crippen molar-refractivity contribution < 1.29 is 14.6 Å². The van der Waals surface area contributed by atoms with Gasteiger partial charge in [0, 0.05) is 17.5 Å². The second-order valence-electron chi connectivity index (χ2n) is 4.66. The molecule has 0 aliphatic carbocycles. The largest absolute Gasteiger partial charge is 0.507 e. The molecule has 0 aliphatic heterocycles. The van der Waals surface area contributed by atoms with Gasteiger partial charge in [-0.25, -0.2) is 0 Å². The van der Waals surface area contributed by atoms with Crippen LogP contribution in [0.1, 0.15) is 6.92 Å². The second-order valence-corrected chi connectivity index (χ2v) is 4.66. The topological polar surface area (TPSA) is 71.6 Å². The summed E-state index contributed by atoms with van der Waals surface area (Å²) in [5.74, 6) is 1.02. The molecule has 3 aromatic rings. The molecule has 5 heteroatoms. The van der Waals surface area contributed by atoms with Crippen LogP contribution in [0.2, 0.25) is 0 Å². The van der Waals surface area contributed by atoms with Crippen LogP contribution in [0.3, 0.4) is 0 Å². The highest BCUT2D eigenvalue weighted by Gasteiger charge is 2.12. The van der Waals surface area contributed by atoms with Crippen molar-refractivity contribution in [3.05, 3.63) is 40.6 Å². The predicted molar refractivity (Wildman–Crippen MR) is 81.5 cm³/mol. The molecule has 3 rings (SSSR count). The van der Waals surface area contributed by atoms with E-state index in [0.717, 1.165) is 0 Å². The number of aromatic amines is 1. The van der Waals surface area contributed by atoms with Crippen LogP contribution < -0.4 is 14.9 Å². The molecule has 2 N–H and O–H groups in total. The molecule has 2 aromatic carbocycles. The van der Waals surface area contributed by atoms with Crippen molar-refractivity contribution in [3.63, 3.8) is 0 Å². The van der Waals surface area contributed by atoms with Gasteiger partial charge in [0.15, 0.2) is 0 Å². The lowest BCUT2D eigenvalue weighted by molar-refractivity contribution is 0.338. The maximum Gasteiger partial charge on any atom is 0.201 e. The highest BCUT2D eigenvalue weighted by Crippen LogP contribution is 2.29. The molecule has 0 aliphatic rings. The standard InChI is InChI=1S/C16H15NO4/c1-3-21-10-7-13-15(14(18)8-10)16(19)11-6-9(20-2)4-5-12(11)17-13/h4-8,18H,3H2,1-2H3,(H,17,19). The minimum absolute atomic E-state index is 0.0954. The lowest BCUT2D eigenvalue weighted by Crippen LogP contribution is -2.05. The minimum Gasteiger partial charge on any atom is -0.507 e. The maximum absolute atomic E-state index is 12.6. The predicted octanol–water partition coefficient (Wildman–Crippen LogP) is 2.79. The van der Waals surface area contributed by atoms with Crippen molar-refractivity contribution in [2.24, 2.45) is 0 Å². The highest BCUT2D eigenvalue weighted by molar-refractivity contribution is 5.96. The quantitative estimate of drug-likeness (QED) is 0.726. The number of phenols is 1. The number of ether oxygens (including phenoxy) is 2. The van der Waals surface area contributed by atoms with Crippen LogP contribution in [0.25, 0.3) is 21.8 Å². The van der Waals surface area contributed by atoms with Crippen LogP contribution in [0.15, 0.2) is 35.1 Å². The first-order valence-electron chi connectivity index (χ1n) is 6.63. The molecule has 0 saturated heterocycles. The van der Waals surface area contributed by atoms with Gasteiger partial charge in [0.1, 0.15) is 17.2 Å². The van der Waals surface area contributed by atoms with Gasteiger partial charge in [0.2, 0.25) is 5.43 Å². The van der Waals surface area contributed by atoms with Crippen molar-refractivity contribution in [2.75, 3.05) is 13.7 Å². The summed E-state index contributed by atoms with van der Waals surface area (Å²) in [4.78, 5) is 15.7. The summed E-state index contributed by atoms with van der Waals surface area (Å²) in [5, 5.41) is 10.8. The Bertz CT molecular complexity index is 883. The Balaban J connectivity index is 2.38. The molecular weight excluding hydrogens is 270 g/mol. The van der Waals surface area contributed by atoms with E-state index in [1.165, 1.54) is 6.07 Å². The maximum atomic E-state index is 12.6. The average Bonchev–Trinajstić information content (AvgIpc) is 2.47. The number of fused-ring (bicyclic) bond motifs is 2. The van der Waals surface area contributed by atoms with E-state index in [2.05, 4.69) is 4.98 Å². The molecule has 1 aromatic heterocycles. The van der Waals surface area contributed by atoms with E-state index >= 15 is 0 Å². The van der Waals surface area contributed by atoms with Gasteiger partial charge >= 0.3 is 0 Å². The SMILES string of the molecule is CCOc1cc(O)c2c(=O)c3cc(OC)ccc3[nH]c2c1. The van der Waals surface area contributed by atoms with Crippen LogP contribution in [0.4, 0.5) is 0 Å². The van der Waals surface area contributed by atoms with E-state index in [0.29, 0.717) is 34.5 Å². The van der Waals surface area contributed by atoms with Gasteiger partial charge < -0.3 is 19.6 Å². The third-order valence-electron chi connectivity index (χ3n) is 3.37. The number of aromatic nitrogens is 1. The lowest BCUT2D eigenvalue weighted by atomic mass is 10.1. The van der Waals surface area contributed by atoms with Crippen LogP contribution >= 0.6 is 0 Å². The molecule has 0 saturated carbocycles. The van der Waals surface area contributed by atoms with Crippen molar-refractivity contribution in [1.29, 1.82) is 0 Å². The normalized spacial score (nSPS) is 11.0. The Morgan fingerprint density at radius 3 is 2.67 bits per heavy atom. The van der Waals surface area contributed by atoms with Gasteiger partial charge in [0.05, 0.1) is 30.1 Å². The van der Waals surface area contributed by atoms with Crippen LogP contribution in [0, 0.1) is 0 Å². The lowest BCUT2D eigenvalue weighted by Gasteiger charge is -2.09. The Morgan fingerprint density at radius 1 is 1.14 bits per heavy atom. The fraction of sp³-hybridized carbons (Fsp3) is 0.188. The molecule has 21 heavy (non-hydrogen) atoms. The summed E-state index contributed by atoms with van der Waals surface area (Å²) in [6, 6.07) is 8.37. The zero-order valence-corrected chi connectivity index (χ0v) is 11.8. The van der Waals surface area contributed by atoms with Gasteiger partial charge in [-0.15, -0.1) is 0 Å². The van der Waals surface area contributed by atoms with E-state index in [9.17, 15) is 9.90 Å². The third-order valence-corrected chi connectivity index (χ3v) is 3.37. The van der Waals surface area contributed by atoms with Gasteiger partial charge in [-0.05, 0) is 25.1 Å². The Labute approximate surface area is 120 Å². The molecule has 0 bridgehead atoms. The molecule has 0 unspecified atom stereocenters. The number of nitrogens with one attached hydrogen (secondary N) is 1. The molecule has 108 valence electrons. The van der Waals surface area contributed by atoms with E-state index < -0.39 is 0 Å². The summed E-state index contributed by atoms with van der Waals surface area (Å²) in [5.41, 5.74) is 0.987. The number of methoxy groups -OCH3 is 1. The second kappa shape index (κ2) is 5.01. The smallest absolute Gasteiger partial charge is 0.201 e. The van der Waals surface area contributed by atoms with E-state index in [4.69, 9.17) is 9.47 Å². The van der Waals surface area contributed by atoms with E-state index in [1.807, 2.05) is 6.92 Å². The zero-order valence-electron chi connectivity index (χ0n) is 11.8. The Kier molecular flexibility index (Phi) is 3.17. The van der Waals surface area contributed by atoms with E-state index in [1.54, 1.807) is 31.4 Å². The van der Waals surface area contributed by atoms with Crippen molar-refractivity contribution >= 4 is 21.8 Å². The molecule has 1 heterocycles. The Hall–Kier alpha value is -2.69. The number of benzene rings is 2. The zero-order chi connectivity index (χ0) is 15.0. The molecule has 0 fully saturated rings. The highest BCUT2D eigenvalue weighted by atomic mass is 16.5. The summed E-state index contributed by atoms with van der Waals surface area (Å²) in [7, 11) is 1.54. The Morgan fingerprint density at radius 2 is 1.95 bits per heavy atom. The van der Waals surface area contributed by atoms with Crippen molar-refractivity contribution in [3.8, 4) is 17.2 Å². The van der Waals surface area contributed by atoms with Crippen molar-refractivity contribution in [2.45, 2.75) is 6.92 Å². The van der Waals surface area contributed by atoms with Gasteiger partial charge in [0.25, 0.3) is 0 Å². The van der Waals surface area contributed by atoms with E-state index in [-0.39, 0.29) is 16.6 Å². The fourth-order valence-electron chi connectivity index (χ4n) is 2.42. The summed E-state index contributed by atoms with van der Waals surface area (Å²) >= 11 is 0. The third kappa shape index (κ3) is 2.16. The van der Waals surface area contributed by atoms with Crippen molar-refractivity contribution in [1.82, 2.24) is 4.98 Å². The molecule has 5 nitrogen and oxygen atoms in total. The number of hydrogen-bond acceptors (Lipinski definition) is 4. The fourth-order valence-corrected chi connectivity index (χ4v) is 2.42. The first-order chi connectivity index (χ1) is 10.1. The van der Waals surface area contributed by atoms with Crippen LogP contribution in [-0.2, 0) is 0 Å². The van der Waals surface area contributed by atoms with Gasteiger partial charge in [-0.3, -0.25) is 4.79 Å². The van der Waals surface area contributed by atoms with Gasteiger partial charge in [-0.1, -0.05) is 0 Å². The molecule has 0 atom stereocenters. The first-order valence-corrected chi connectivity index (χ1v) is 6.63. The molecule has 0 spiro atoms. The number of aromatic hydroxyl groups is 1. The number of phenolic OH excluding ortho intramolecular Hbond substituents is 1. The number of rotatable bonds is 3. The van der Waals surface area contributed by atoms with Gasteiger partial charge in [-0.2, -0.15) is 0 Å². The monoisotopic (exact) mass is 285 g/mol.